The number of nitrogens with one attached hydrogen (secondary N) is 1. The maximum atomic E-state index is 13.5. The smallest absolute Gasteiger partial charge is 0.262 e. The summed E-state index contributed by atoms with van der Waals surface area (Å²) in [6.45, 7) is 3.22. The standard InChI is InChI=1S/C15H13FN2O2S/c1-10-4-6-13(8-14(10)16)18-21(19,20)15-7-12(9-17)5-3-11(15)2/h3-8,18H,1-2H3. The van der Waals surface area contributed by atoms with Crippen molar-refractivity contribution >= 4 is 15.7 Å². The van der Waals surface area contributed by atoms with Crippen LogP contribution in [0.1, 0.15) is 16.7 Å². The molecule has 0 aliphatic rings. The van der Waals surface area contributed by atoms with E-state index in [0.717, 1.165) is 6.07 Å². The van der Waals surface area contributed by atoms with Crippen molar-refractivity contribution in [2.45, 2.75) is 18.7 Å². The number of aryl methyl sites for hydroxylation is 2. The minimum atomic E-state index is -3.87. The molecule has 0 heterocycles. The molecule has 0 aromatic heterocycles. The molecule has 6 heteroatoms. The number of anilines is 1. The molecular formula is C15H13FN2O2S. The zero-order valence-corrected chi connectivity index (χ0v) is 12.3. The Bertz CT molecular complexity index is 839. The van der Waals surface area contributed by atoms with Crippen LogP contribution in [-0.4, -0.2) is 8.42 Å². The van der Waals surface area contributed by atoms with Crippen LogP contribution < -0.4 is 4.72 Å². The van der Waals surface area contributed by atoms with Gasteiger partial charge in [0, 0.05) is 0 Å². The van der Waals surface area contributed by atoms with Gasteiger partial charge >= 0.3 is 0 Å². The number of benzene rings is 2. The van der Waals surface area contributed by atoms with Gasteiger partial charge in [-0.1, -0.05) is 12.1 Å². The average molecular weight is 304 g/mol. The molecule has 21 heavy (non-hydrogen) atoms. The number of rotatable bonds is 3. The average Bonchev–Trinajstić information content (AvgIpc) is 2.43. The molecule has 0 bridgehead atoms. The van der Waals surface area contributed by atoms with Gasteiger partial charge in [0.15, 0.2) is 0 Å². The molecule has 0 saturated carbocycles. The van der Waals surface area contributed by atoms with Crippen LogP contribution in [0.3, 0.4) is 0 Å². The van der Waals surface area contributed by atoms with E-state index in [1.165, 1.54) is 18.2 Å². The van der Waals surface area contributed by atoms with Gasteiger partial charge in [0.05, 0.1) is 22.2 Å². The summed E-state index contributed by atoms with van der Waals surface area (Å²) < 4.78 is 40.5. The lowest BCUT2D eigenvalue weighted by Crippen LogP contribution is -2.14. The third kappa shape index (κ3) is 3.20. The highest BCUT2D eigenvalue weighted by Crippen LogP contribution is 2.21. The zero-order valence-electron chi connectivity index (χ0n) is 11.5. The van der Waals surface area contributed by atoms with Crippen molar-refractivity contribution in [3.05, 3.63) is 58.9 Å². The Kier molecular flexibility index (Phi) is 3.96. The Hall–Kier alpha value is -2.39. The lowest BCUT2D eigenvalue weighted by atomic mass is 10.2. The molecule has 0 saturated heterocycles. The first-order chi connectivity index (χ1) is 9.83. The fraction of sp³-hybridized carbons (Fsp3) is 0.133. The second kappa shape index (κ2) is 5.54. The molecule has 0 fully saturated rings. The summed E-state index contributed by atoms with van der Waals surface area (Å²) in [7, 11) is -3.87. The molecule has 108 valence electrons. The molecule has 4 nitrogen and oxygen atoms in total. The molecule has 0 unspecified atom stereocenters. The third-order valence-electron chi connectivity index (χ3n) is 3.03. The molecule has 0 radical (unpaired) electrons. The molecule has 0 atom stereocenters. The second-order valence-electron chi connectivity index (χ2n) is 4.66. The van der Waals surface area contributed by atoms with Crippen LogP contribution >= 0.6 is 0 Å². The van der Waals surface area contributed by atoms with Crippen LogP contribution in [0.4, 0.5) is 10.1 Å². The van der Waals surface area contributed by atoms with Crippen molar-refractivity contribution in [3.63, 3.8) is 0 Å². The Labute approximate surface area is 122 Å². The fourth-order valence-electron chi connectivity index (χ4n) is 1.83. The molecule has 0 spiro atoms. The summed E-state index contributed by atoms with van der Waals surface area (Å²) >= 11 is 0. The van der Waals surface area contributed by atoms with E-state index in [2.05, 4.69) is 4.72 Å². The number of sulfonamides is 1. The minimum absolute atomic E-state index is 0.00235. The van der Waals surface area contributed by atoms with Crippen molar-refractivity contribution < 1.29 is 12.8 Å². The minimum Gasteiger partial charge on any atom is -0.280 e. The van der Waals surface area contributed by atoms with E-state index < -0.39 is 15.8 Å². The van der Waals surface area contributed by atoms with Crippen LogP contribution in [0.2, 0.25) is 0 Å². The summed E-state index contributed by atoms with van der Waals surface area (Å²) in [5.74, 6) is -0.488. The van der Waals surface area contributed by atoms with Crippen LogP contribution in [0.5, 0.6) is 0 Å². The van der Waals surface area contributed by atoms with Crippen molar-refractivity contribution in [1.29, 1.82) is 5.26 Å². The molecule has 0 aliphatic heterocycles. The van der Waals surface area contributed by atoms with E-state index in [4.69, 9.17) is 5.26 Å². The van der Waals surface area contributed by atoms with Crippen molar-refractivity contribution in [1.82, 2.24) is 0 Å². The summed E-state index contributed by atoms with van der Waals surface area (Å²) in [4.78, 5) is 0.00235. The van der Waals surface area contributed by atoms with E-state index in [9.17, 15) is 12.8 Å². The van der Waals surface area contributed by atoms with Crippen molar-refractivity contribution in [3.8, 4) is 6.07 Å². The Morgan fingerprint density at radius 2 is 1.76 bits per heavy atom. The predicted octanol–water partition coefficient (Wildman–Crippen LogP) is 3.12. The first-order valence-electron chi connectivity index (χ1n) is 6.13. The molecule has 2 aromatic carbocycles. The van der Waals surface area contributed by atoms with E-state index in [1.54, 1.807) is 26.0 Å². The highest BCUT2D eigenvalue weighted by Gasteiger charge is 2.18. The van der Waals surface area contributed by atoms with E-state index in [1.807, 2.05) is 6.07 Å². The number of hydrogen-bond acceptors (Lipinski definition) is 3. The largest absolute Gasteiger partial charge is 0.280 e. The normalized spacial score (nSPS) is 11.0. The van der Waals surface area contributed by atoms with Gasteiger partial charge in [0.25, 0.3) is 10.0 Å². The Morgan fingerprint density at radius 1 is 1.10 bits per heavy atom. The fourth-order valence-corrected chi connectivity index (χ4v) is 3.15. The Morgan fingerprint density at radius 3 is 2.38 bits per heavy atom. The number of nitrogens with zero attached hydrogens (tertiary/aromatic N) is 1. The number of hydrogen-bond donors (Lipinski definition) is 1. The van der Waals surface area contributed by atoms with Gasteiger partial charge in [-0.05, 0) is 49.2 Å². The zero-order chi connectivity index (χ0) is 15.6. The van der Waals surface area contributed by atoms with Crippen LogP contribution in [0.25, 0.3) is 0 Å². The SMILES string of the molecule is Cc1ccc(NS(=O)(=O)c2cc(C#N)ccc2C)cc1F. The summed E-state index contributed by atoms with van der Waals surface area (Å²) in [6.07, 6.45) is 0. The quantitative estimate of drug-likeness (QED) is 0.947. The molecular weight excluding hydrogens is 291 g/mol. The third-order valence-corrected chi connectivity index (χ3v) is 4.55. The van der Waals surface area contributed by atoms with Gasteiger partial charge in [0.1, 0.15) is 5.82 Å². The van der Waals surface area contributed by atoms with Gasteiger partial charge in [-0.3, -0.25) is 4.72 Å². The highest BCUT2D eigenvalue weighted by molar-refractivity contribution is 7.92. The van der Waals surface area contributed by atoms with Gasteiger partial charge < -0.3 is 0 Å². The highest BCUT2D eigenvalue weighted by atomic mass is 32.2. The monoisotopic (exact) mass is 304 g/mol. The molecule has 1 N–H and O–H groups in total. The first-order valence-corrected chi connectivity index (χ1v) is 7.61. The van der Waals surface area contributed by atoms with E-state index in [0.29, 0.717) is 11.1 Å². The van der Waals surface area contributed by atoms with Gasteiger partial charge in [-0.15, -0.1) is 0 Å². The molecule has 2 rings (SSSR count). The summed E-state index contributed by atoms with van der Waals surface area (Å²) in [6, 6.07) is 10.4. The maximum Gasteiger partial charge on any atom is 0.262 e. The summed E-state index contributed by atoms with van der Waals surface area (Å²) in [5, 5.41) is 8.86. The van der Waals surface area contributed by atoms with Gasteiger partial charge in [-0.2, -0.15) is 5.26 Å². The van der Waals surface area contributed by atoms with Crippen molar-refractivity contribution in [2.24, 2.45) is 0 Å². The molecule has 0 amide bonds. The van der Waals surface area contributed by atoms with Crippen LogP contribution in [0.15, 0.2) is 41.3 Å². The van der Waals surface area contributed by atoms with Crippen LogP contribution in [-0.2, 0) is 10.0 Å². The predicted molar refractivity (Wildman–Crippen MR) is 77.8 cm³/mol. The Balaban J connectivity index is 2.43. The maximum absolute atomic E-state index is 13.5. The molecule has 2 aromatic rings. The summed E-state index contributed by atoms with van der Waals surface area (Å²) in [5.41, 5.74) is 1.32. The van der Waals surface area contributed by atoms with Crippen LogP contribution in [0, 0.1) is 31.0 Å². The van der Waals surface area contributed by atoms with E-state index in [-0.39, 0.29) is 16.1 Å². The topological polar surface area (TPSA) is 70.0 Å². The first kappa shape index (κ1) is 15.0. The lowest BCUT2D eigenvalue weighted by molar-refractivity contribution is 0.600. The molecule has 0 aliphatic carbocycles. The van der Waals surface area contributed by atoms with Crippen molar-refractivity contribution in [2.75, 3.05) is 4.72 Å². The van der Waals surface area contributed by atoms with Gasteiger partial charge in [-0.25, -0.2) is 12.8 Å². The lowest BCUT2D eigenvalue weighted by Gasteiger charge is -2.11. The second-order valence-corrected chi connectivity index (χ2v) is 6.31. The number of nitriles is 1. The number of halogens is 1. The van der Waals surface area contributed by atoms with Gasteiger partial charge in [0.2, 0.25) is 0 Å². The van der Waals surface area contributed by atoms with E-state index >= 15 is 0 Å².